The third kappa shape index (κ3) is 12.1. The molecule has 196 valence electrons. The molecule has 0 heterocycles. The molecule has 0 aliphatic carbocycles. The summed E-state index contributed by atoms with van der Waals surface area (Å²) in [5.41, 5.74) is 10.9. The highest BCUT2D eigenvalue weighted by molar-refractivity contribution is 6.08. The zero-order valence-electron chi connectivity index (χ0n) is 20.8. The Morgan fingerprint density at radius 3 is 2.39 bits per heavy atom. The molecule has 0 aliphatic rings. The summed E-state index contributed by atoms with van der Waals surface area (Å²) >= 11 is 0. The van der Waals surface area contributed by atoms with Gasteiger partial charge in [0.25, 0.3) is 0 Å². The van der Waals surface area contributed by atoms with E-state index < -0.39 is 17.9 Å². The van der Waals surface area contributed by atoms with Crippen molar-refractivity contribution < 1.29 is 22.8 Å². The quantitative estimate of drug-likeness (QED) is 0.151. The summed E-state index contributed by atoms with van der Waals surface area (Å²) in [6, 6.07) is 8.32. The second kappa shape index (κ2) is 15.3. The number of nitrogens with one attached hydrogen (secondary N) is 3. The molecule has 5 N–H and O–H groups in total. The molecular weight excluding hydrogens is 473 g/mol. The van der Waals surface area contributed by atoms with Crippen molar-refractivity contribution in [3.63, 3.8) is 0 Å². The molecule has 1 unspecified atom stereocenters. The van der Waals surface area contributed by atoms with Gasteiger partial charge in [-0.3, -0.25) is 9.59 Å². The van der Waals surface area contributed by atoms with Crippen LogP contribution >= 0.6 is 0 Å². The average molecular weight is 507 g/mol. The highest BCUT2D eigenvalue weighted by Crippen LogP contribution is 2.19. The number of allylic oxidation sites excluding steroid dienone is 3. The topological polar surface area (TPSA) is 121 Å². The summed E-state index contributed by atoms with van der Waals surface area (Å²) in [7, 11) is 0. The van der Waals surface area contributed by atoms with Crippen molar-refractivity contribution in [2.24, 2.45) is 15.9 Å². The number of carbonyl (C=O) groups is 2. The molecule has 8 nitrogen and oxygen atoms in total. The van der Waals surface area contributed by atoms with E-state index in [-0.39, 0.29) is 42.6 Å². The first-order chi connectivity index (χ1) is 16.9. The molecule has 1 rings (SSSR count). The van der Waals surface area contributed by atoms with Crippen molar-refractivity contribution in [1.82, 2.24) is 16.2 Å². The van der Waals surface area contributed by atoms with Crippen LogP contribution in [-0.4, -0.2) is 48.5 Å². The van der Waals surface area contributed by atoms with Crippen LogP contribution in [0.2, 0.25) is 0 Å². The van der Waals surface area contributed by atoms with Gasteiger partial charge in [0.1, 0.15) is 0 Å². The Balaban J connectivity index is 2.84. The van der Waals surface area contributed by atoms with Gasteiger partial charge in [0, 0.05) is 6.54 Å². The number of nitrogens with zero attached hydrogens (tertiary/aromatic N) is 2. The maximum absolute atomic E-state index is 13.5. The highest BCUT2D eigenvalue weighted by atomic mass is 19.4. The Morgan fingerprint density at radius 1 is 1.14 bits per heavy atom. The molecule has 0 saturated carbocycles. The lowest BCUT2D eigenvalue weighted by Crippen LogP contribution is -2.39. The van der Waals surface area contributed by atoms with Crippen LogP contribution in [0.25, 0.3) is 0 Å². The SMILES string of the molecule is C/C=C\C(=C/CN\N=C(/C=C(C)/C(C)=N/NC(=O)Cc1ccccc1)C(F)(F)F)CNC(=O)C(C)N. The lowest BCUT2D eigenvalue weighted by molar-refractivity contribution is -0.122. The molecule has 0 aromatic heterocycles. The zero-order valence-corrected chi connectivity index (χ0v) is 20.8. The fraction of sp³-hybridized carbons (Fsp3) is 0.360. The number of benzene rings is 1. The van der Waals surface area contributed by atoms with Gasteiger partial charge in [-0.2, -0.15) is 23.4 Å². The maximum atomic E-state index is 13.5. The van der Waals surface area contributed by atoms with Crippen molar-refractivity contribution in [2.75, 3.05) is 13.1 Å². The molecule has 0 radical (unpaired) electrons. The molecule has 1 atom stereocenters. The first kappa shape index (κ1) is 30.3. The number of carbonyl (C=O) groups excluding carboxylic acids is 2. The van der Waals surface area contributed by atoms with Crippen LogP contribution < -0.4 is 21.9 Å². The molecule has 36 heavy (non-hydrogen) atoms. The van der Waals surface area contributed by atoms with Crippen molar-refractivity contribution in [3.05, 3.63) is 71.3 Å². The van der Waals surface area contributed by atoms with Crippen molar-refractivity contribution >= 4 is 23.2 Å². The summed E-state index contributed by atoms with van der Waals surface area (Å²) in [5, 5.41) is 9.99. The normalized spacial score (nSPS) is 14.6. The number of hydrogen-bond donors (Lipinski definition) is 4. The van der Waals surface area contributed by atoms with Gasteiger partial charge in [-0.15, -0.1) is 0 Å². The minimum atomic E-state index is -4.72. The second-order valence-corrected chi connectivity index (χ2v) is 7.86. The molecule has 1 aromatic rings. The summed E-state index contributed by atoms with van der Waals surface area (Å²) < 4.78 is 40.4. The fourth-order valence-electron chi connectivity index (χ4n) is 2.61. The summed E-state index contributed by atoms with van der Waals surface area (Å²) in [6.45, 7) is 6.41. The van der Waals surface area contributed by atoms with Gasteiger partial charge in [0.2, 0.25) is 11.8 Å². The molecule has 2 amide bonds. The van der Waals surface area contributed by atoms with E-state index in [1.54, 1.807) is 56.3 Å². The molecular formula is C25H33F3N6O2. The third-order valence-electron chi connectivity index (χ3n) is 4.69. The molecule has 11 heteroatoms. The van der Waals surface area contributed by atoms with Crippen molar-refractivity contribution in [1.29, 1.82) is 0 Å². The van der Waals surface area contributed by atoms with Crippen molar-refractivity contribution in [2.45, 2.75) is 46.3 Å². The van der Waals surface area contributed by atoms with E-state index in [1.165, 1.54) is 13.8 Å². The summed E-state index contributed by atoms with van der Waals surface area (Å²) in [6.07, 6.45) is 1.27. The second-order valence-electron chi connectivity index (χ2n) is 7.86. The van der Waals surface area contributed by atoms with Gasteiger partial charge >= 0.3 is 6.18 Å². The number of halogens is 3. The number of alkyl halides is 3. The third-order valence-corrected chi connectivity index (χ3v) is 4.69. The molecule has 0 bridgehead atoms. The van der Waals surface area contributed by atoms with E-state index >= 15 is 0 Å². The van der Waals surface area contributed by atoms with E-state index in [0.717, 1.165) is 11.6 Å². The number of amides is 2. The zero-order chi connectivity index (χ0) is 27.1. The minimum Gasteiger partial charge on any atom is -0.351 e. The monoisotopic (exact) mass is 506 g/mol. The lowest BCUT2D eigenvalue weighted by atomic mass is 10.1. The fourth-order valence-corrected chi connectivity index (χ4v) is 2.61. The minimum absolute atomic E-state index is 0.0111. The van der Waals surface area contributed by atoms with Crippen LogP contribution in [0.3, 0.4) is 0 Å². The highest BCUT2D eigenvalue weighted by Gasteiger charge is 2.34. The number of hydrogen-bond acceptors (Lipinski definition) is 6. The smallest absolute Gasteiger partial charge is 0.351 e. The Bertz CT molecular complexity index is 1030. The standard InChI is InChI=1S/C25H33F3N6O2/c1-5-9-21(16-30-24(36)18(3)29)12-13-31-33-22(25(26,27)28)14-17(2)19(4)32-34-23(35)15-20-10-7-6-8-11-20/h5-12,14,18,31H,13,15-16,29H2,1-4H3,(H,30,36)(H,34,35)/b9-5-,17-14+,21-12+,32-19+,33-22+. The van der Waals surface area contributed by atoms with Gasteiger partial charge in [0.15, 0.2) is 5.71 Å². The van der Waals surface area contributed by atoms with Crippen LogP contribution in [0.4, 0.5) is 13.2 Å². The maximum Gasteiger partial charge on any atom is 0.435 e. The van der Waals surface area contributed by atoms with Gasteiger partial charge < -0.3 is 16.5 Å². The van der Waals surface area contributed by atoms with E-state index in [0.29, 0.717) is 5.57 Å². The predicted molar refractivity (Wildman–Crippen MR) is 136 cm³/mol. The van der Waals surface area contributed by atoms with E-state index in [4.69, 9.17) is 5.73 Å². The molecule has 0 saturated heterocycles. The molecule has 0 spiro atoms. The summed E-state index contributed by atoms with van der Waals surface area (Å²) in [4.78, 5) is 23.6. The van der Waals surface area contributed by atoms with Crippen LogP contribution in [0.15, 0.2) is 76.0 Å². The van der Waals surface area contributed by atoms with E-state index in [2.05, 4.69) is 26.4 Å². The molecule has 1 aromatic carbocycles. The molecule has 0 fully saturated rings. The Morgan fingerprint density at radius 2 is 1.81 bits per heavy atom. The number of hydrazone groups is 2. The Labute approximate surface area is 209 Å². The Kier molecular flexibility index (Phi) is 12.9. The number of nitrogens with two attached hydrogens (primary N) is 1. The van der Waals surface area contributed by atoms with Crippen LogP contribution in [0.5, 0.6) is 0 Å². The Hall–Kier alpha value is -3.73. The number of rotatable bonds is 12. The first-order valence-electron chi connectivity index (χ1n) is 11.2. The van der Waals surface area contributed by atoms with Crippen LogP contribution in [0, 0.1) is 0 Å². The van der Waals surface area contributed by atoms with Gasteiger partial charge in [0.05, 0.1) is 24.7 Å². The average Bonchev–Trinajstić information content (AvgIpc) is 2.82. The first-order valence-corrected chi connectivity index (χ1v) is 11.2. The van der Waals surface area contributed by atoms with Crippen LogP contribution in [-0.2, 0) is 16.0 Å². The van der Waals surface area contributed by atoms with Gasteiger partial charge in [-0.05, 0) is 50.5 Å². The lowest BCUT2D eigenvalue weighted by Gasteiger charge is -2.10. The summed E-state index contributed by atoms with van der Waals surface area (Å²) in [5.74, 6) is -0.731. The predicted octanol–water partition coefficient (Wildman–Crippen LogP) is 3.14. The van der Waals surface area contributed by atoms with Gasteiger partial charge in [-0.25, -0.2) is 5.43 Å². The van der Waals surface area contributed by atoms with Crippen LogP contribution in [0.1, 0.15) is 33.3 Å². The van der Waals surface area contributed by atoms with Gasteiger partial charge in [-0.1, -0.05) is 48.6 Å². The van der Waals surface area contributed by atoms with E-state index in [1.807, 2.05) is 6.07 Å². The largest absolute Gasteiger partial charge is 0.435 e. The molecule has 0 aliphatic heterocycles. The van der Waals surface area contributed by atoms with Crippen molar-refractivity contribution in [3.8, 4) is 0 Å². The van der Waals surface area contributed by atoms with E-state index in [9.17, 15) is 22.8 Å².